The Morgan fingerprint density at radius 1 is 1.36 bits per heavy atom. The first-order chi connectivity index (χ1) is 10.7. The zero-order valence-corrected chi connectivity index (χ0v) is 12.8. The summed E-state index contributed by atoms with van der Waals surface area (Å²) in [6, 6.07) is 10.0. The lowest BCUT2D eigenvalue weighted by atomic mass is 9.97. The van der Waals surface area contributed by atoms with Gasteiger partial charge in [-0.1, -0.05) is 29.4 Å². The SMILES string of the molecule is Cc1cc(NC(=O)Cc2ccc(CC3CCNC3)cc2)no1. The van der Waals surface area contributed by atoms with Gasteiger partial charge in [0.15, 0.2) is 5.82 Å². The van der Waals surface area contributed by atoms with E-state index in [9.17, 15) is 4.79 Å². The molecular formula is C17H21N3O2. The molecule has 1 saturated heterocycles. The average Bonchev–Trinajstić information content (AvgIpc) is 3.13. The molecule has 0 aliphatic carbocycles. The van der Waals surface area contributed by atoms with Crippen molar-refractivity contribution in [1.82, 2.24) is 10.5 Å². The molecule has 1 atom stereocenters. The molecule has 22 heavy (non-hydrogen) atoms. The number of aryl methyl sites for hydroxylation is 1. The van der Waals surface area contributed by atoms with Crippen molar-refractivity contribution in [3.8, 4) is 0 Å². The third-order valence-corrected chi connectivity index (χ3v) is 3.97. The molecule has 1 aliphatic rings. The molecule has 1 aromatic heterocycles. The molecule has 3 rings (SSSR count). The van der Waals surface area contributed by atoms with E-state index in [0.29, 0.717) is 18.0 Å². The van der Waals surface area contributed by atoms with Gasteiger partial charge >= 0.3 is 0 Å². The predicted molar refractivity (Wildman–Crippen MR) is 84.7 cm³/mol. The van der Waals surface area contributed by atoms with Crippen LogP contribution in [0.15, 0.2) is 34.9 Å². The lowest BCUT2D eigenvalue weighted by Crippen LogP contribution is -2.14. The first-order valence-corrected chi connectivity index (χ1v) is 7.71. The van der Waals surface area contributed by atoms with Crippen molar-refractivity contribution < 1.29 is 9.32 Å². The highest BCUT2D eigenvalue weighted by atomic mass is 16.5. The summed E-state index contributed by atoms with van der Waals surface area (Å²) in [7, 11) is 0. The van der Waals surface area contributed by atoms with Crippen LogP contribution in [0.25, 0.3) is 0 Å². The number of hydrogen-bond donors (Lipinski definition) is 2. The second-order valence-corrected chi connectivity index (χ2v) is 5.93. The molecule has 5 nitrogen and oxygen atoms in total. The van der Waals surface area contributed by atoms with Gasteiger partial charge in [-0.3, -0.25) is 4.79 Å². The zero-order valence-electron chi connectivity index (χ0n) is 12.8. The summed E-state index contributed by atoms with van der Waals surface area (Å²) in [5.74, 6) is 1.81. The molecule has 1 amide bonds. The molecule has 0 saturated carbocycles. The van der Waals surface area contributed by atoms with Gasteiger partial charge in [-0.2, -0.15) is 0 Å². The Bertz CT molecular complexity index is 628. The number of anilines is 1. The minimum absolute atomic E-state index is 0.0824. The third-order valence-electron chi connectivity index (χ3n) is 3.97. The molecule has 5 heteroatoms. The molecule has 1 fully saturated rings. The summed E-state index contributed by atoms with van der Waals surface area (Å²) in [6.45, 7) is 4.03. The van der Waals surface area contributed by atoms with Gasteiger partial charge in [0.05, 0.1) is 6.42 Å². The van der Waals surface area contributed by atoms with Crippen molar-refractivity contribution in [2.75, 3.05) is 18.4 Å². The topological polar surface area (TPSA) is 67.2 Å². The number of aromatic nitrogens is 1. The molecule has 1 aromatic carbocycles. The fourth-order valence-electron chi connectivity index (χ4n) is 2.81. The first-order valence-electron chi connectivity index (χ1n) is 7.71. The van der Waals surface area contributed by atoms with Crippen LogP contribution in [0.2, 0.25) is 0 Å². The average molecular weight is 299 g/mol. The number of rotatable bonds is 5. The molecule has 0 radical (unpaired) electrons. The molecule has 2 N–H and O–H groups in total. The van der Waals surface area contributed by atoms with Gasteiger partial charge < -0.3 is 15.2 Å². The second-order valence-electron chi connectivity index (χ2n) is 5.93. The number of benzene rings is 1. The monoisotopic (exact) mass is 299 g/mol. The highest BCUT2D eigenvalue weighted by Gasteiger charge is 2.14. The fraction of sp³-hybridized carbons (Fsp3) is 0.412. The summed E-state index contributed by atoms with van der Waals surface area (Å²) in [5.41, 5.74) is 2.34. The smallest absolute Gasteiger partial charge is 0.230 e. The largest absolute Gasteiger partial charge is 0.360 e. The molecule has 0 bridgehead atoms. The Labute approximate surface area is 130 Å². The number of nitrogens with one attached hydrogen (secondary N) is 2. The standard InChI is InChI=1S/C17H21N3O2/c1-12-8-16(20-22-12)19-17(21)10-14-4-2-13(3-5-14)9-15-6-7-18-11-15/h2-5,8,15,18H,6-7,9-11H2,1H3,(H,19,20,21). The van der Waals surface area contributed by atoms with Gasteiger partial charge in [-0.05, 0) is 49.9 Å². The lowest BCUT2D eigenvalue weighted by molar-refractivity contribution is -0.115. The number of carbonyl (C=O) groups excluding carboxylic acids is 1. The van der Waals surface area contributed by atoms with E-state index in [1.54, 1.807) is 13.0 Å². The number of carbonyl (C=O) groups is 1. The van der Waals surface area contributed by atoms with Crippen molar-refractivity contribution >= 4 is 11.7 Å². The Balaban J connectivity index is 1.52. The molecule has 116 valence electrons. The van der Waals surface area contributed by atoms with E-state index in [1.165, 1.54) is 12.0 Å². The minimum Gasteiger partial charge on any atom is -0.360 e. The Morgan fingerprint density at radius 3 is 2.77 bits per heavy atom. The highest BCUT2D eigenvalue weighted by molar-refractivity contribution is 5.91. The van der Waals surface area contributed by atoms with E-state index in [4.69, 9.17) is 4.52 Å². The summed E-state index contributed by atoms with van der Waals surface area (Å²) in [4.78, 5) is 12.0. The summed E-state index contributed by atoms with van der Waals surface area (Å²) >= 11 is 0. The predicted octanol–water partition coefficient (Wildman–Crippen LogP) is 2.32. The van der Waals surface area contributed by atoms with Crippen LogP contribution < -0.4 is 10.6 Å². The van der Waals surface area contributed by atoms with Crippen LogP contribution in [0.5, 0.6) is 0 Å². The van der Waals surface area contributed by atoms with Gasteiger partial charge in [-0.15, -0.1) is 0 Å². The summed E-state index contributed by atoms with van der Waals surface area (Å²) < 4.78 is 4.92. The van der Waals surface area contributed by atoms with Gasteiger partial charge in [0.25, 0.3) is 0 Å². The Kier molecular flexibility index (Phi) is 4.53. The third kappa shape index (κ3) is 3.95. The van der Waals surface area contributed by atoms with Crippen LogP contribution in [-0.2, 0) is 17.6 Å². The van der Waals surface area contributed by atoms with Crippen molar-refractivity contribution in [2.45, 2.75) is 26.2 Å². The first kappa shape index (κ1) is 14.8. The number of amides is 1. The van der Waals surface area contributed by atoms with Crippen molar-refractivity contribution in [3.63, 3.8) is 0 Å². The van der Waals surface area contributed by atoms with Gasteiger partial charge in [0.2, 0.25) is 5.91 Å². The maximum atomic E-state index is 12.0. The summed E-state index contributed by atoms with van der Waals surface area (Å²) in [5, 5.41) is 9.88. The number of hydrogen-bond acceptors (Lipinski definition) is 4. The zero-order chi connectivity index (χ0) is 15.4. The number of nitrogens with zero attached hydrogens (tertiary/aromatic N) is 1. The molecule has 1 unspecified atom stereocenters. The quantitative estimate of drug-likeness (QED) is 0.889. The van der Waals surface area contributed by atoms with Crippen molar-refractivity contribution in [3.05, 3.63) is 47.2 Å². The van der Waals surface area contributed by atoms with Crippen molar-refractivity contribution in [1.29, 1.82) is 0 Å². The Hall–Kier alpha value is -2.14. The highest BCUT2D eigenvalue weighted by Crippen LogP contribution is 2.16. The molecule has 2 aromatic rings. The molecule has 1 aliphatic heterocycles. The maximum Gasteiger partial charge on any atom is 0.230 e. The van der Waals surface area contributed by atoms with Crippen LogP contribution in [0, 0.1) is 12.8 Å². The van der Waals surface area contributed by atoms with E-state index < -0.39 is 0 Å². The van der Waals surface area contributed by atoms with Crippen LogP contribution in [0.3, 0.4) is 0 Å². The van der Waals surface area contributed by atoms with Gasteiger partial charge in [-0.25, -0.2) is 0 Å². The summed E-state index contributed by atoms with van der Waals surface area (Å²) in [6.07, 6.45) is 2.70. The van der Waals surface area contributed by atoms with E-state index in [-0.39, 0.29) is 5.91 Å². The molecular weight excluding hydrogens is 278 g/mol. The Morgan fingerprint density at radius 2 is 2.14 bits per heavy atom. The molecule has 0 spiro atoms. The van der Waals surface area contributed by atoms with Crippen LogP contribution in [-0.4, -0.2) is 24.2 Å². The maximum absolute atomic E-state index is 12.0. The lowest BCUT2D eigenvalue weighted by Gasteiger charge is -2.09. The van der Waals surface area contributed by atoms with Crippen LogP contribution in [0.1, 0.15) is 23.3 Å². The van der Waals surface area contributed by atoms with Gasteiger partial charge in [0, 0.05) is 6.07 Å². The van der Waals surface area contributed by atoms with Crippen molar-refractivity contribution in [2.24, 2.45) is 5.92 Å². The minimum atomic E-state index is -0.0824. The van der Waals surface area contributed by atoms with E-state index in [0.717, 1.165) is 31.0 Å². The van der Waals surface area contributed by atoms with Gasteiger partial charge in [0.1, 0.15) is 5.76 Å². The molecule has 2 heterocycles. The van der Waals surface area contributed by atoms with Crippen LogP contribution in [0.4, 0.5) is 5.82 Å². The fourth-order valence-corrected chi connectivity index (χ4v) is 2.81. The van der Waals surface area contributed by atoms with E-state index in [1.807, 2.05) is 12.1 Å². The van der Waals surface area contributed by atoms with Crippen LogP contribution >= 0.6 is 0 Å². The normalized spacial score (nSPS) is 17.6. The van der Waals surface area contributed by atoms with E-state index in [2.05, 4.69) is 27.9 Å². The second kappa shape index (κ2) is 6.75. The van der Waals surface area contributed by atoms with E-state index >= 15 is 0 Å².